The van der Waals surface area contributed by atoms with Crippen molar-refractivity contribution >= 4 is 47.5 Å². The highest BCUT2D eigenvalue weighted by molar-refractivity contribution is 7.93. The van der Waals surface area contributed by atoms with Gasteiger partial charge in [0.25, 0.3) is 10.0 Å². The highest BCUT2D eigenvalue weighted by atomic mass is 32.2. The third-order valence-electron chi connectivity index (χ3n) is 4.22. The van der Waals surface area contributed by atoms with Crippen LogP contribution in [0.3, 0.4) is 0 Å². The van der Waals surface area contributed by atoms with E-state index < -0.39 is 10.0 Å². The van der Waals surface area contributed by atoms with E-state index in [-0.39, 0.29) is 4.90 Å². The minimum atomic E-state index is -3.74. The van der Waals surface area contributed by atoms with Gasteiger partial charge in [0.1, 0.15) is 4.90 Å². The number of hydrogen-bond donors (Lipinski definition) is 1. The summed E-state index contributed by atoms with van der Waals surface area (Å²) in [6.07, 6.45) is 0. The standard InChI is InChI=1S/C17H16N4O2S2/c1-10-16(11(2)21(3)19-10)25(22,23)20-17-18-15-13-7-5-4-6-12(13)8-9-14(15)24-17/h4-9H,1-3H3,(H,18,20). The Balaban J connectivity index is 1.81. The molecular weight excluding hydrogens is 356 g/mol. The van der Waals surface area contributed by atoms with Crippen molar-refractivity contribution in [1.29, 1.82) is 0 Å². The van der Waals surface area contributed by atoms with Crippen molar-refractivity contribution < 1.29 is 8.42 Å². The number of nitrogens with one attached hydrogen (secondary N) is 1. The molecule has 2 heterocycles. The minimum Gasteiger partial charge on any atom is -0.271 e. The third kappa shape index (κ3) is 2.58. The fourth-order valence-electron chi connectivity index (χ4n) is 3.01. The van der Waals surface area contributed by atoms with Gasteiger partial charge < -0.3 is 0 Å². The smallest absolute Gasteiger partial charge is 0.267 e. The van der Waals surface area contributed by atoms with Gasteiger partial charge in [0.15, 0.2) is 5.13 Å². The molecule has 2 aromatic heterocycles. The summed E-state index contributed by atoms with van der Waals surface area (Å²) in [6.45, 7) is 3.42. The van der Waals surface area contributed by atoms with Crippen LogP contribution in [0.2, 0.25) is 0 Å². The Labute approximate surface area is 149 Å². The van der Waals surface area contributed by atoms with Crippen molar-refractivity contribution in [3.63, 3.8) is 0 Å². The van der Waals surface area contributed by atoms with Gasteiger partial charge >= 0.3 is 0 Å². The fourth-order valence-corrected chi connectivity index (χ4v) is 5.57. The third-order valence-corrected chi connectivity index (χ3v) is 6.87. The molecule has 0 radical (unpaired) electrons. The zero-order valence-electron chi connectivity index (χ0n) is 13.9. The Hall–Kier alpha value is -2.45. The molecule has 4 aromatic rings. The summed E-state index contributed by atoms with van der Waals surface area (Å²) in [6, 6.07) is 11.9. The Bertz CT molecular complexity index is 1220. The summed E-state index contributed by atoms with van der Waals surface area (Å²) in [5.41, 5.74) is 1.87. The minimum absolute atomic E-state index is 0.208. The summed E-state index contributed by atoms with van der Waals surface area (Å²) >= 11 is 1.32. The Morgan fingerprint density at radius 1 is 1.12 bits per heavy atom. The normalized spacial score (nSPS) is 12.1. The second-order valence-electron chi connectivity index (χ2n) is 5.88. The van der Waals surface area contributed by atoms with Gasteiger partial charge in [-0.3, -0.25) is 9.40 Å². The molecule has 4 rings (SSSR count). The summed E-state index contributed by atoms with van der Waals surface area (Å²) in [5, 5.41) is 6.63. The molecule has 0 bridgehead atoms. The monoisotopic (exact) mass is 372 g/mol. The first-order valence-electron chi connectivity index (χ1n) is 7.68. The second kappa shape index (κ2) is 5.53. The number of thiazole rings is 1. The van der Waals surface area contributed by atoms with Crippen LogP contribution < -0.4 is 4.72 Å². The molecule has 0 spiro atoms. The topological polar surface area (TPSA) is 76.9 Å². The number of benzene rings is 2. The van der Waals surface area contributed by atoms with E-state index in [1.807, 2.05) is 36.4 Å². The molecule has 0 saturated heterocycles. The zero-order valence-corrected chi connectivity index (χ0v) is 15.6. The maximum atomic E-state index is 12.8. The lowest BCUT2D eigenvalue weighted by Crippen LogP contribution is -2.14. The maximum Gasteiger partial charge on any atom is 0.267 e. The quantitative estimate of drug-likeness (QED) is 0.596. The van der Waals surface area contributed by atoms with Gasteiger partial charge in [-0.1, -0.05) is 41.7 Å². The van der Waals surface area contributed by atoms with Crippen molar-refractivity contribution in [3.05, 3.63) is 47.8 Å². The van der Waals surface area contributed by atoms with E-state index in [1.165, 1.54) is 11.3 Å². The van der Waals surface area contributed by atoms with Crippen LogP contribution in [0.1, 0.15) is 11.4 Å². The van der Waals surface area contributed by atoms with Gasteiger partial charge in [0.2, 0.25) is 0 Å². The van der Waals surface area contributed by atoms with Crippen LogP contribution in [0.15, 0.2) is 41.3 Å². The van der Waals surface area contributed by atoms with E-state index in [2.05, 4.69) is 14.8 Å². The molecule has 0 atom stereocenters. The van der Waals surface area contributed by atoms with Crippen LogP contribution in [0.25, 0.3) is 21.0 Å². The molecule has 8 heteroatoms. The number of aromatic nitrogens is 3. The predicted molar refractivity (Wildman–Crippen MR) is 101 cm³/mol. The van der Waals surface area contributed by atoms with Gasteiger partial charge in [-0.2, -0.15) is 5.10 Å². The summed E-state index contributed by atoms with van der Waals surface area (Å²) in [4.78, 5) is 4.73. The van der Waals surface area contributed by atoms with Crippen molar-refractivity contribution in [2.24, 2.45) is 7.05 Å². The maximum absolute atomic E-state index is 12.8. The van der Waals surface area contributed by atoms with E-state index in [0.29, 0.717) is 16.5 Å². The lowest BCUT2D eigenvalue weighted by atomic mass is 10.1. The Morgan fingerprint density at radius 2 is 1.88 bits per heavy atom. The van der Waals surface area contributed by atoms with Crippen LogP contribution in [-0.4, -0.2) is 23.2 Å². The van der Waals surface area contributed by atoms with Crippen molar-refractivity contribution in [2.45, 2.75) is 18.7 Å². The van der Waals surface area contributed by atoms with Gasteiger partial charge in [-0.25, -0.2) is 13.4 Å². The van der Waals surface area contributed by atoms with Gasteiger partial charge in [0.05, 0.1) is 21.6 Å². The average molecular weight is 372 g/mol. The Morgan fingerprint density at radius 3 is 2.60 bits per heavy atom. The van der Waals surface area contributed by atoms with Crippen LogP contribution >= 0.6 is 11.3 Å². The molecule has 6 nitrogen and oxygen atoms in total. The first kappa shape index (κ1) is 16.0. The molecular formula is C17H16N4O2S2. The number of rotatable bonds is 3. The summed E-state index contributed by atoms with van der Waals surface area (Å²) < 4.78 is 30.7. The molecule has 0 unspecified atom stereocenters. The number of nitrogens with zero attached hydrogens (tertiary/aromatic N) is 3. The van der Waals surface area contributed by atoms with E-state index >= 15 is 0 Å². The van der Waals surface area contributed by atoms with Gasteiger partial charge in [-0.05, 0) is 25.3 Å². The largest absolute Gasteiger partial charge is 0.271 e. The molecule has 0 fully saturated rings. The average Bonchev–Trinajstić information content (AvgIpc) is 3.07. The molecule has 25 heavy (non-hydrogen) atoms. The lowest BCUT2D eigenvalue weighted by Gasteiger charge is -2.05. The molecule has 0 aliphatic rings. The van der Waals surface area contributed by atoms with Crippen molar-refractivity contribution in [3.8, 4) is 0 Å². The molecule has 1 N–H and O–H groups in total. The number of aryl methyl sites for hydroxylation is 2. The number of anilines is 1. The van der Waals surface area contributed by atoms with Crippen LogP contribution in [-0.2, 0) is 17.1 Å². The molecule has 0 amide bonds. The highest BCUT2D eigenvalue weighted by Gasteiger charge is 2.25. The highest BCUT2D eigenvalue weighted by Crippen LogP contribution is 2.33. The van der Waals surface area contributed by atoms with Crippen molar-refractivity contribution in [1.82, 2.24) is 14.8 Å². The fraction of sp³-hybridized carbons (Fsp3) is 0.176. The van der Waals surface area contributed by atoms with E-state index in [4.69, 9.17) is 0 Å². The Kier molecular flexibility index (Phi) is 3.55. The first-order valence-corrected chi connectivity index (χ1v) is 9.98. The number of sulfonamides is 1. The van der Waals surface area contributed by atoms with Gasteiger partial charge in [-0.15, -0.1) is 0 Å². The predicted octanol–water partition coefficient (Wildman–Crippen LogP) is 3.60. The van der Waals surface area contributed by atoms with Crippen LogP contribution in [0, 0.1) is 13.8 Å². The van der Waals surface area contributed by atoms with E-state index in [0.717, 1.165) is 21.0 Å². The first-order chi connectivity index (χ1) is 11.9. The van der Waals surface area contributed by atoms with Gasteiger partial charge in [0, 0.05) is 12.4 Å². The second-order valence-corrected chi connectivity index (χ2v) is 8.53. The molecule has 128 valence electrons. The molecule has 0 aliphatic heterocycles. The molecule has 0 aliphatic carbocycles. The SMILES string of the molecule is Cc1nn(C)c(C)c1S(=O)(=O)Nc1nc2c(ccc3ccccc32)s1. The van der Waals surface area contributed by atoms with E-state index in [1.54, 1.807) is 25.6 Å². The van der Waals surface area contributed by atoms with Crippen LogP contribution in [0.4, 0.5) is 5.13 Å². The summed E-state index contributed by atoms with van der Waals surface area (Å²) in [7, 11) is -2.01. The molecule has 2 aromatic carbocycles. The lowest BCUT2D eigenvalue weighted by molar-refractivity contribution is 0.599. The molecule has 0 saturated carbocycles. The summed E-state index contributed by atoms with van der Waals surface area (Å²) in [5.74, 6) is 0. The van der Waals surface area contributed by atoms with E-state index in [9.17, 15) is 8.42 Å². The van der Waals surface area contributed by atoms with Crippen molar-refractivity contribution in [2.75, 3.05) is 4.72 Å². The zero-order chi connectivity index (χ0) is 17.8. The number of hydrogen-bond acceptors (Lipinski definition) is 5. The number of fused-ring (bicyclic) bond motifs is 3. The van der Waals surface area contributed by atoms with Crippen LogP contribution in [0.5, 0.6) is 0 Å².